The fourth-order valence-electron chi connectivity index (χ4n) is 2.20. The zero-order valence-electron chi connectivity index (χ0n) is 11.7. The molecule has 1 aliphatic rings. The van der Waals surface area contributed by atoms with Crippen LogP contribution in [-0.4, -0.2) is 43.4 Å². The van der Waals surface area contributed by atoms with Gasteiger partial charge >= 0.3 is 6.09 Å². The second-order valence-corrected chi connectivity index (χ2v) is 8.05. The smallest absolute Gasteiger partial charge is 0.411 e. The summed E-state index contributed by atoms with van der Waals surface area (Å²) in [6.07, 6.45) is -1.40. The molecule has 2 rings (SSSR count). The zero-order chi connectivity index (χ0) is 16.7. The molecule has 0 bridgehead atoms. The van der Waals surface area contributed by atoms with Crippen molar-refractivity contribution in [3.05, 3.63) is 34.1 Å². The predicted octanol–water partition coefficient (Wildman–Crippen LogP) is 3.04. The van der Waals surface area contributed by atoms with Gasteiger partial charge in [-0.1, -0.05) is 15.9 Å². The quantitative estimate of drug-likeness (QED) is 0.584. The molecular weight excluding hydrogens is 381 g/mol. The van der Waals surface area contributed by atoms with Gasteiger partial charge < -0.3 is 5.11 Å². The van der Waals surface area contributed by atoms with Crippen molar-refractivity contribution in [3.63, 3.8) is 0 Å². The Hall–Kier alpha value is -1.36. The number of benzene rings is 1. The Labute approximate surface area is 136 Å². The molecule has 1 aromatic carbocycles. The van der Waals surface area contributed by atoms with Gasteiger partial charge in [-0.3, -0.25) is 14.4 Å². The first-order valence-corrected chi connectivity index (χ1v) is 8.57. The van der Waals surface area contributed by atoms with E-state index in [1.165, 1.54) is 32.2 Å². The number of nitrogens with zero attached hydrogens (tertiary/aromatic N) is 2. The molecule has 0 aromatic heterocycles. The van der Waals surface area contributed by atoms with Crippen LogP contribution in [0.1, 0.15) is 12.5 Å². The Morgan fingerprint density at radius 1 is 1.55 bits per heavy atom. The maximum Gasteiger partial charge on any atom is 0.411 e. The van der Waals surface area contributed by atoms with Gasteiger partial charge in [0.25, 0.3) is 0 Å². The number of carbonyl (C=O) groups is 1. The van der Waals surface area contributed by atoms with Crippen molar-refractivity contribution in [1.29, 1.82) is 0 Å². The molecular formula is C12H15BrFN3O4S. The lowest BCUT2D eigenvalue weighted by Crippen LogP contribution is -2.51. The van der Waals surface area contributed by atoms with Gasteiger partial charge in [-0.2, -0.15) is 0 Å². The van der Waals surface area contributed by atoms with E-state index in [1.54, 1.807) is 0 Å². The van der Waals surface area contributed by atoms with Crippen LogP contribution in [0.2, 0.25) is 0 Å². The minimum absolute atomic E-state index is 0.139. The number of nitrogens with one attached hydrogen (secondary N) is 1. The van der Waals surface area contributed by atoms with Crippen LogP contribution in [0.5, 0.6) is 0 Å². The zero-order valence-corrected chi connectivity index (χ0v) is 14.2. The summed E-state index contributed by atoms with van der Waals surface area (Å²) in [5.74, 6) is -1.07. The Morgan fingerprint density at radius 3 is 2.77 bits per heavy atom. The molecule has 7 nitrogen and oxygen atoms in total. The van der Waals surface area contributed by atoms with Gasteiger partial charge in [0, 0.05) is 17.1 Å². The van der Waals surface area contributed by atoms with Gasteiger partial charge in [0.1, 0.15) is 11.4 Å². The third-order valence-corrected chi connectivity index (χ3v) is 5.78. The molecule has 0 radical (unpaired) electrons. The lowest BCUT2D eigenvalue weighted by Gasteiger charge is -2.49. The summed E-state index contributed by atoms with van der Waals surface area (Å²) in [5, 5.41) is 10.8. The van der Waals surface area contributed by atoms with Crippen molar-refractivity contribution < 1.29 is 23.4 Å². The molecule has 1 aliphatic heterocycles. The van der Waals surface area contributed by atoms with Gasteiger partial charge in [-0.15, -0.1) is 10.8 Å². The second-order valence-electron chi connectivity index (χ2n) is 5.04. The Kier molecular flexibility index (Phi) is 4.39. The minimum atomic E-state index is -3.35. The van der Waals surface area contributed by atoms with Gasteiger partial charge in [-0.05, 0) is 25.1 Å². The number of hydrogen-bond donors (Lipinski definition) is 4. The monoisotopic (exact) mass is 395 g/mol. The first kappa shape index (κ1) is 17.0. The first-order chi connectivity index (χ1) is 10.0. The van der Waals surface area contributed by atoms with Crippen LogP contribution < -0.4 is 5.32 Å². The van der Waals surface area contributed by atoms with Crippen molar-refractivity contribution in [2.75, 3.05) is 12.8 Å². The summed E-state index contributed by atoms with van der Waals surface area (Å²) >= 11 is 3.23. The number of carboxylic acid groups (broad SMARTS) is 1. The maximum atomic E-state index is 14.1. The molecule has 22 heavy (non-hydrogen) atoms. The van der Waals surface area contributed by atoms with E-state index in [-0.39, 0.29) is 17.3 Å². The Morgan fingerprint density at radius 2 is 2.18 bits per heavy atom. The molecule has 0 fully saturated rings. The molecule has 4 N–H and O–H groups in total. The van der Waals surface area contributed by atoms with Crippen molar-refractivity contribution in [2.45, 2.75) is 12.5 Å². The van der Waals surface area contributed by atoms with Crippen LogP contribution in [0.3, 0.4) is 0 Å². The van der Waals surface area contributed by atoms with Crippen molar-refractivity contribution in [1.82, 2.24) is 9.62 Å². The number of rotatable bonds is 1. The van der Waals surface area contributed by atoms with Crippen LogP contribution in [0.4, 0.5) is 9.18 Å². The summed E-state index contributed by atoms with van der Waals surface area (Å²) in [6.45, 7) is 1.52. The molecule has 122 valence electrons. The molecule has 0 saturated carbocycles. The third-order valence-electron chi connectivity index (χ3n) is 3.29. The lowest BCUT2D eigenvalue weighted by molar-refractivity contribution is 0.199. The van der Waals surface area contributed by atoms with Crippen LogP contribution in [-0.2, 0) is 5.54 Å². The highest BCUT2D eigenvalue weighted by atomic mass is 79.9. The summed E-state index contributed by atoms with van der Waals surface area (Å²) in [7, 11) is -2.04. The lowest BCUT2D eigenvalue weighted by atomic mass is 9.94. The average molecular weight is 396 g/mol. The second kappa shape index (κ2) is 5.69. The SMILES string of the molecule is CN1C(NC(=O)O)=N[C@](C)(c2cc(Br)ccc2F)CS1(O)O. The number of halogens is 2. The van der Waals surface area contributed by atoms with Gasteiger partial charge in [0.2, 0.25) is 5.96 Å². The summed E-state index contributed by atoms with van der Waals surface area (Å²) in [5.41, 5.74) is -1.18. The third kappa shape index (κ3) is 3.19. The topological polar surface area (TPSA) is 105 Å². The van der Waals surface area contributed by atoms with E-state index in [9.17, 15) is 18.3 Å². The normalized spacial score (nSPS) is 25.4. The van der Waals surface area contributed by atoms with E-state index in [1.807, 2.05) is 5.32 Å². The number of amides is 1. The summed E-state index contributed by atoms with van der Waals surface area (Å²) in [6, 6.07) is 4.22. The highest BCUT2D eigenvalue weighted by Gasteiger charge is 2.42. The standard InChI is InChI=1S/C12H15BrFN3O4S/c1-12(8-5-7(13)3-4-9(8)14)6-22(20,21)17(2)10(16-12)15-11(18)19/h3-5,20-21H,6H2,1-2H3,(H,15,16)(H,18,19)/t12-/m0/s1. The molecule has 0 spiro atoms. The van der Waals surface area contributed by atoms with Crippen LogP contribution in [0.25, 0.3) is 0 Å². The predicted molar refractivity (Wildman–Crippen MR) is 85.5 cm³/mol. The van der Waals surface area contributed by atoms with Crippen molar-refractivity contribution >= 4 is 38.8 Å². The Balaban J connectivity index is 2.58. The van der Waals surface area contributed by atoms with Crippen molar-refractivity contribution in [3.8, 4) is 0 Å². The molecule has 0 unspecified atom stereocenters. The van der Waals surface area contributed by atoms with E-state index in [4.69, 9.17) is 5.11 Å². The highest BCUT2D eigenvalue weighted by molar-refractivity contribution is 9.10. The molecule has 1 atom stereocenters. The van der Waals surface area contributed by atoms with E-state index in [2.05, 4.69) is 20.9 Å². The minimum Gasteiger partial charge on any atom is -0.465 e. The molecule has 1 heterocycles. The van der Waals surface area contributed by atoms with Gasteiger partial charge in [0.15, 0.2) is 0 Å². The summed E-state index contributed by atoms with van der Waals surface area (Å²) < 4.78 is 36.1. The van der Waals surface area contributed by atoms with Crippen LogP contribution in [0, 0.1) is 5.82 Å². The number of aliphatic imine (C=N–C) groups is 1. The van der Waals surface area contributed by atoms with E-state index >= 15 is 0 Å². The summed E-state index contributed by atoms with van der Waals surface area (Å²) in [4.78, 5) is 15.0. The van der Waals surface area contributed by atoms with E-state index in [0.29, 0.717) is 4.47 Å². The average Bonchev–Trinajstić information content (AvgIpc) is 2.37. The largest absolute Gasteiger partial charge is 0.465 e. The molecule has 0 saturated heterocycles. The number of guanidine groups is 1. The van der Waals surface area contributed by atoms with Crippen LogP contribution >= 0.6 is 26.7 Å². The van der Waals surface area contributed by atoms with Crippen molar-refractivity contribution in [2.24, 2.45) is 4.99 Å². The fourth-order valence-corrected chi connectivity index (χ4v) is 4.09. The first-order valence-electron chi connectivity index (χ1n) is 6.10. The molecule has 1 aromatic rings. The van der Waals surface area contributed by atoms with Gasteiger partial charge in [-0.25, -0.2) is 18.5 Å². The maximum absolute atomic E-state index is 14.1. The fraction of sp³-hybridized carbons (Fsp3) is 0.333. The Bertz CT molecular complexity index is 657. The van der Waals surface area contributed by atoms with E-state index < -0.39 is 28.2 Å². The number of hydrogen-bond acceptors (Lipinski definition) is 5. The molecule has 10 heteroatoms. The molecule has 0 aliphatic carbocycles. The van der Waals surface area contributed by atoms with Gasteiger partial charge in [0.05, 0.1) is 5.75 Å². The molecule has 1 amide bonds. The highest BCUT2D eigenvalue weighted by Crippen LogP contribution is 2.52. The van der Waals surface area contributed by atoms with E-state index in [0.717, 1.165) is 4.31 Å². The van der Waals surface area contributed by atoms with Crippen LogP contribution in [0.15, 0.2) is 27.7 Å².